The molecule has 758 valence electrons. The van der Waals surface area contributed by atoms with E-state index in [0.29, 0.717) is 124 Å². The Morgan fingerprint density at radius 2 is 0.836 bits per heavy atom. The average molecular weight is 1970 g/mol. The van der Waals surface area contributed by atoms with Gasteiger partial charge in [-0.25, -0.2) is 15.0 Å². The number of carbonyl (C=O) groups is 13. The third kappa shape index (κ3) is 51.7. The fourth-order valence-corrected chi connectivity index (χ4v) is 24.3. The van der Waals surface area contributed by atoms with Crippen LogP contribution in [0.2, 0.25) is 39.3 Å². The molecule has 6 fully saturated rings. The molecular weight excluding hydrogens is 1810 g/mol. The zero-order chi connectivity index (χ0) is 99.3. The number of nitrogens with one attached hydrogen (secondary N) is 6. The number of carbonyl (C=O) groups excluding carboxylic acids is 12. The van der Waals surface area contributed by atoms with Gasteiger partial charge in [-0.05, 0) is 126 Å². The number of rotatable bonds is 36. The molecule has 8 amide bonds. The van der Waals surface area contributed by atoms with Gasteiger partial charge >= 0.3 is 24.8 Å². The van der Waals surface area contributed by atoms with E-state index in [1.807, 2.05) is 93.4 Å². The van der Waals surface area contributed by atoms with Gasteiger partial charge in [0.1, 0.15) is 12.3 Å². The Balaban J connectivity index is -0.00000151. The molecule has 0 radical (unpaired) electrons. The third-order valence-electron chi connectivity index (χ3n) is 20.7. The van der Waals surface area contributed by atoms with Crippen LogP contribution in [0.4, 0.5) is 4.70 Å². The number of hydrogen-bond acceptors (Lipinski definition) is 29. The Kier molecular flexibility index (Phi) is 68.1. The predicted molar refractivity (Wildman–Crippen MR) is 536 cm³/mol. The molecule has 3 aromatic heterocycles. The second-order valence-corrected chi connectivity index (χ2v) is 46.1. The minimum Gasteiger partial charge on any atom is -0.668 e. The average Bonchev–Trinajstić information content (AvgIpc) is 0.997. The van der Waals surface area contributed by atoms with E-state index in [9.17, 15) is 62.3 Å². The van der Waals surface area contributed by atoms with Gasteiger partial charge in [-0.2, -0.15) is 0 Å². The Labute approximate surface area is 821 Å². The van der Waals surface area contributed by atoms with Crippen molar-refractivity contribution in [2.24, 2.45) is 43.6 Å². The molecule has 0 aliphatic carbocycles. The van der Waals surface area contributed by atoms with E-state index in [1.165, 1.54) is 50.7 Å². The maximum atomic E-state index is 12.8. The van der Waals surface area contributed by atoms with Crippen LogP contribution >= 0.6 is 34.0 Å². The fourth-order valence-electron chi connectivity index (χ4n) is 14.4. The number of aromatic nitrogens is 3. The summed E-state index contributed by atoms with van der Waals surface area (Å²) < 4.78 is 4.82. The Morgan fingerprint density at radius 3 is 1.16 bits per heavy atom. The van der Waals surface area contributed by atoms with E-state index in [-0.39, 0.29) is 170 Å². The molecule has 6 unspecified atom stereocenters. The number of hydrogen-bond donors (Lipinski definition) is 12. The summed E-state index contributed by atoms with van der Waals surface area (Å²) in [7, 11) is 5.54. The number of halogens is 1. The number of nitrogens with zero attached hydrogens (tertiary/aromatic N) is 15. The standard InChI is InChI=1S/C19H30N6O3S.C17H27N7O3S.C10H16N4OS.C10H18N2O2.C9H16N2O3.C7H14N2O.C6H12N2O.C6H18NSi2.C2H6.CH4.FH.Li/c1-4-15-19(28)25(10-9-24(15)3)12-16(26)23-14(6-5-7-21-13(2)20)17(27)18-22-8-11-29-18;1-2-11-16(27)24(8-6-20-11)10-13(25)23-12(4-3-5-22-17(18)19)14(26)15-21-7-9-28-15;1-7(11)13-4-2-3-8(12)9(15)10-14-5-6-16-10;1-4-9-10(14)12(7-8(2)13)6-5-11(9)3;1-3-7-9(14)11(6-8(12)13)5-4-10(7)2;1-3-6-7(10)8-4-5-9(6)2;1-2-5-6(9)8-4-3-7-5;1-8(2,3)7-9(4,5)6;1-2;;;/h8,11,14-15H,4-7,9-10,12H2,1-3H3,(H2,20,21)(H,23,26);7,9,11-12,20H,2-6,8,10H2,1H3,(H,23,25)(H4,18,19,22);5-6,8H,2-4,12H2,1H3,(H2,11,13);9H,4-7H2,1-3H3;7H,3-6H2,1-2H3,(H,12,13);6H,3-5H2,1-2H3,(H,8,10);5,7H,2-4H2,1H3,(H,8,9);1-6H3;1-2H3;1H4;1H;/q;;;;;;;-1;;;;+1/t14-,15?;11?,12-;8-;;;;;;;;;/m000........./s1. The molecule has 9 heterocycles. The van der Waals surface area contributed by atoms with Crippen LogP contribution in [0.3, 0.4) is 0 Å². The van der Waals surface area contributed by atoms with E-state index in [4.69, 9.17) is 38.4 Å². The summed E-state index contributed by atoms with van der Waals surface area (Å²) in [5.74, 6) is -0.965. The number of thiazole rings is 3. The van der Waals surface area contributed by atoms with E-state index < -0.39 is 40.6 Å². The first-order valence-corrected chi connectivity index (χ1v) is 55.0. The zero-order valence-electron chi connectivity index (χ0n) is 83.1. The first-order valence-electron chi connectivity index (χ1n) is 45.5. The molecule has 0 bridgehead atoms. The van der Waals surface area contributed by atoms with E-state index in [1.54, 1.807) is 58.4 Å². The molecule has 6 aliphatic heterocycles. The number of carboxylic acids is 1. The number of ketones is 4. The number of piperazine rings is 6. The predicted octanol–water partition coefficient (Wildman–Crippen LogP) is 1.32. The molecule has 0 aromatic carbocycles. The van der Waals surface area contributed by atoms with Crippen molar-refractivity contribution in [2.75, 3.05) is 153 Å². The van der Waals surface area contributed by atoms with Gasteiger partial charge in [0.05, 0.1) is 85.7 Å². The molecular formula is C87H162FLiN26O14S3Si2. The van der Waals surface area contributed by atoms with Crippen molar-refractivity contribution in [3.05, 3.63) is 54.4 Å². The van der Waals surface area contributed by atoms with Crippen LogP contribution in [0.1, 0.15) is 190 Å². The van der Waals surface area contributed by atoms with Gasteiger partial charge < -0.3 is 89.9 Å². The summed E-state index contributed by atoms with van der Waals surface area (Å²) in [6, 6.07) is -2.44. The van der Waals surface area contributed by atoms with Gasteiger partial charge in [0.2, 0.25) is 64.6 Å². The van der Waals surface area contributed by atoms with Crippen molar-refractivity contribution in [1.29, 1.82) is 0 Å². The first-order chi connectivity index (χ1) is 61.8. The fraction of sp³-hybridized carbons (Fsp3) is 0.713. The monoisotopic (exact) mass is 1970 g/mol. The summed E-state index contributed by atoms with van der Waals surface area (Å²) in [5.41, 5.74) is 27.3. The minimum atomic E-state index is -1.11. The van der Waals surface area contributed by atoms with Crippen molar-refractivity contribution in [1.82, 2.24) is 86.1 Å². The quantitative estimate of drug-likeness (QED) is 0.0128. The third-order valence-corrected chi connectivity index (χ3v) is 28.4. The number of likely N-dealkylation sites (N-methyl/N-ethyl adjacent to an activating group) is 4. The Bertz CT molecular complexity index is 3970. The molecule has 40 nitrogen and oxygen atoms in total. The minimum absolute atomic E-state index is 0. The van der Waals surface area contributed by atoms with E-state index in [2.05, 4.69) is 111 Å². The molecule has 0 saturated carbocycles. The maximum Gasteiger partial charge on any atom is 1.00 e. The van der Waals surface area contributed by atoms with Crippen LogP contribution in [0.25, 0.3) is 4.65 Å². The normalized spacial score (nSPS) is 19.5. The number of aliphatic imine (C=N–C) groups is 3. The van der Waals surface area contributed by atoms with Gasteiger partial charge in [-0.3, -0.25) is 102 Å². The number of amides is 8. The Morgan fingerprint density at radius 1 is 0.478 bits per heavy atom. The maximum absolute atomic E-state index is 12.8. The SMILES string of the molecule is C.CC.CC(N)=NCCC[C@H](N)C(=O)c1nccs1.CCC1C(=O)N(CC(=O)N[C@@H](CCCN=C(C)N)C(=O)c2nccs2)CCN1C.CCC1C(=O)N(CC(=O)O)CCN1C.CCC1C(=O)N(CC(C)=O)CCN1C.CCC1C(=O)NCCN1C.CCC1NCCN(CC(=O)N[C@@H](CCCN=C(N)N)C(=O)c2nccs2)C1=O.CCC1NCCNC1=O.C[Si](C)(C)[N-][Si](C)(C)C.F.[Li+]. The van der Waals surface area contributed by atoms with Crippen molar-refractivity contribution in [2.45, 2.75) is 254 Å². The van der Waals surface area contributed by atoms with Gasteiger partial charge in [-0.15, -0.1) is 34.0 Å². The van der Waals surface area contributed by atoms with Crippen LogP contribution in [0, 0.1) is 0 Å². The van der Waals surface area contributed by atoms with Gasteiger partial charge in [-0.1, -0.05) is 119 Å². The van der Waals surface area contributed by atoms with Crippen molar-refractivity contribution >= 4 is 144 Å². The number of aliphatic carboxylic acids is 1. The molecule has 3 aromatic rings. The number of guanidine groups is 1. The summed E-state index contributed by atoms with van der Waals surface area (Å²) in [6.07, 6.45) is 12.7. The summed E-state index contributed by atoms with van der Waals surface area (Å²) >= 11 is 3.77. The van der Waals surface area contributed by atoms with Gasteiger partial charge in [0.15, 0.2) is 21.0 Å². The summed E-state index contributed by atoms with van der Waals surface area (Å²) in [6.45, 7) is 44.5. The van der Waals surface area contributed by atoms with Crippen molar-refractivity contribution in [3.8, 4) is 0 Å². The van der Waals surface area contributed by atoms with Crippen LogP contribution in [-0.2, 0) is 47.9 Å². The molecule has 47 heteroatoms. The van der Waals surface area contributed by atoms with Crippen molar-refractivity contribution < 1.29 is 91.0 Å². The molecule has 9 atom stereocenters. The second kappa shape index (κ2) is 70.3. The number of nitrogens with two attached hydrogens (primary N) is 5. The van der Waals surface area contributed by atoms with Crippen LogP contribution in [0.15, 0.2) is 49.7 Å². The van der Waals surface area contributed by atoms with Gasteiger partial charge in [0.25, 0.3) is 0 Å². The zero-order valence-corrected chi connectivity index (χ0v) is 87.5. The smallest absolute Gasteiger partial charge is 0.668 e. The molecule has 0 spiro atoms. The molecule has 6 aliphatic rings. The van der Waals surface area contributed by atoms with Gasteiger partial charge in [0, 0.05) is 133 Å². The number of Topliss-reactive ketones (excluding diaryl/α,β-unsaturated/α-hetero) is 4. The van der Waals surface area contributed by atoms with Crippen LogP contribution in [-0.4, -0.2) is 377 Å². The van der Waals surface area contributed by atoms with E-state index >= 15 is 0 Å². The Hall–Kier alpha value is -8.35. The number of amidine groups is 2. The largest absolute Gasteiger partial charge is 1.00 e. The van der Waals surface area contributed by atoms with Crippen LogP contribution in [0.5, 0.6) is 0 Å². The first kappa shape index (κ1) is 130. The molecule has 9 rings (SSSR count). The number of carboxylic acid groups (broad SMARTS) is 1. The summed E-state index contributed by atoms with van der Waals surface area (Å²) in [4.78, 5) is 192. The van der Waals surface area contributed by atoms with E-state index in [0.717, 1.165) is 77.9 Å². The topological polar surface area (TPSA) is 560 Å². The molecule has 6 saturated heterocycles. The molecule has 17 N–H and O–H groups in total. The van der Waals surface area contributed by atoms with Crippen molar-refractivity contribution in [3.63, 3.8) is 0 Å². The van der Waals surface area contributed by atoms with Crippen LogP contribution < -0.4 is 79.4 Å². The summed E-state index contributed by atoms with van der Waals surface area (Å²) in [5, 5.41) is 32.3. The molecule has 134 heavy (non-hydrogen) atoms. The second-order valence-electron chi connectivity index (χ2n) is 33.8.